The second kappa shape index (κ2) is 6.57. The molecule has 118 valence electrons. The molecule has 1 saturated heterocycles. The molecule has 0 aliphatic carbocycles. The quantitative estimate of drug-likeness (QED) is 0.747. The van der Waals surface area contributed by atoms with Crippen molar-refractivity contribution in [3.8, 4) is 0 Å². The zero-order valence-corrected chi connectivity index (χ0v) is 14.8. The molecule has 1 aliphatic heterocycles. The van der Waals surface area contributed by atoms with E-state index in [0.29, 0.717) is 18.7 Å². The van der Waals surface area contributed by atoms with Crippen LogP contribution >= 0.6 is 22.6 Å². The lowest BCUT2D eigenvalue weighted by atomic mass is 10.1. The number of rotatable bonds is 3. The molecular formula is C17H16IN3O2. The number of amides is 3. The van der Waals surface area contributed by atoms with Crippen LogP contribution in [0, 0.1) is 10.5 Å². The molecule has 0 spiro atoms. The van der Waals surface area contributed by atoms with E-state index in [-0.39, 0.29) is 11.9 Å². The van der Waals surface area contributed by atoms with Crippen molar-refractivity contribution in [1.82, 2.24) is 5.32 Å². The second-order valence-corrected chi connectivity index (χ2v) is 6.59. The SMILES string of the molecule is Cc1cc(I)ccc1NC(=O)c1cccc(N2CCNC2=O)c1. The molecule has 2 N–H and O–H groups in total. The summed E-state index contributed by atoms with van der Waals surface area (Å²) in [7, 11) is 0. The minimum atomic E-state index is -0.184. The van der Waals surface area contributed by atoms with Crippen molar-refractivity contribution in [1.29, 1.82) is 0 Å². The number of urea groups is 1. The number of hydrogen-bond acceptors (Lipinski definition) is 2. The summed E-state index contributed by atoms with van der Waals surface area (Å²) in [6, 6.07) is 12.8. The lowest BCUT2D eigenvalue weighted by Crippen LogP contribution is -2.27. The highest BCUT2D eigenvalue weighted by molar-refractivity contribution is 14.1. The fourth-order valence-electron chi connectivity index (χ4n) is 2.49. The van der Waals surface area contributed by atoms with Gasteiger partial charge in [0.1, 0.15) is 0 Å². The molecule has 2 aromatic rings. The van der Waals surface area contributed by atoms with Crippen LogP contribution in [0.2, 0.25) is 0 Å². The Morgan fingerprint density at radius 3 is 2.78 bits per heavy atom. The topological polar surface area (TPSA) is 61.4 Å². The molecular weight excluding hydrogens is 405 g/mol. The Hall–Kier alpha value is -2.09. The molecule has 2 aromatic carbocycles. The average Bonchev–Trinajstić information content (AvgIpc) is 2.96. The van der Waals surface area contributed by atoms with E-state index in [4.69, 9.17) is 0 Å². The van der Waals surface area contributed by atoms with Gasteiger partial charge in [-0.3, -0.25) is 9.69 Å². The number of hydrogen-bond donors (Lipinski definition) is 2. The van der Waals surface area contributed by atoms with Crippen LogP contribution in [0.1, 0.15) is 15.9 Å². The van der Waals surface area contributed by atoms with Gasteiger partial charge in [0.2, 0.25) is 0 Å². The summed E-state index contributed by atoms with van der Waals surface area (Å²) in [6.45, 7) is 3.19. The number of benzene rings is 2. The molecule has 0 saturated carbocycles. The Balaban J connectivity index is 1.81. The minimum absolute atomic E-state index is 0.129. The largest absolute Gasteiger partial charge is 0.336 e. The zero-order chi connectivity index (χ0) is 16.4. The van der Waals surface area contributed by atoms with Gasteiger partial charge in [-0.2, -0.15) is 0 Å². The second-order valence-electron chi connectivity index (χ2n) is 5.35. The van der Waals surface area contributed by atoms with Gasteiger partial charge < -0.3 is 10.6 Å². The number of carbonyl (C=O) groups is 2. The predicted octanol–water partition coefficient (Wildman–Crippen LogP) is 3.38. The van der Waals surface area contributed by atoms with Gasteiger partial charge in [-0.05, 0) is 71.5 Å². The van der Waals surface area contributed by atoms with Crippen molar-refractivity contribution in [2.24, 2.45) is 0 Å². The third-order valence-corrected chi connectivity index (χ3v) is 4.38. The maximum atomic E-state index is 12.5. The summed E-state index contributed by atoms with van der Waals surface area (Å²) in [4.78, 5) is 25.8. The Morgan fingerprint density at radius 1 is 1.26 bits per heavy atom. The van der Waals surface area contributed by atoms with E-state index in [1.807, 2.05) is 31.2 Å². The summed E-state index contributed by atoms with van der Waals surface area (Å²) in [5.41, 5.74) is 3.06. The van der Waals surface area contributed by atoms with E-state index in [1.54, 1.807) is 23.1 Å². The lowest BCUT2D eigenvalue weighted by molar-refractivity contribution is 0.102. The van der Waals surface area contributed by atoms with E-state index < -0.39 is 0 Å². The van der Waals surface area contributed by atoms with Crippen LogP contribution in [-0.2, 0) is 0 Å². The van der Waals surface area contributed by atoms with Crippen molar-refractivity contribution in [2.75, 3.05) is 23.3 Å². The van der Waals surface area contributed by atoms with Crippen LogP contribution in [0.3, 0.4) is 0 Å². The Bertz CT molecular complexity index is 776. The number of aryl methyl sites for hydroxylation is 1. The van der Waals surface area contributed by atoms with E-state index in [1.165, 1.54) is 0 Å². The zero-order valence-electron chi connectivity index (χ0n) is 12.6. The van der Waals surface area contributed by atoms with Gasteiger partial charge in [-0.1, -0.05) is 6.07 Å². The highest BCUT2D eigenvalue weighted by atomic mass is 127. The first-order valence-electron chi connectivity index (χ1n) is 7.27. The molecule has 0 aromatic heterocycles. The van der Waals surface area contributed by atoms with Crippen LogP contribution in [0.25, 0.3) is 0 Å². The maximum absolute atomic E-state index is 12.5. The molecule has 1 fully saturated rings. The summed E-state index contributed by atoms with van der Waals surface area (Å²) >= 11 is 2.24. The molecule has 0 radical (unpaired) electrons. The Morgan fingerprint density at radius 2 is 2.09 bits per heavy atom. The molecule has 6 heteroatoms. The Labute approximate surface area is 148 Å². The minimum Gasteiger partial charge on any atom is -0.336 e. The van der Waals surface area contributed by atoms with Crippen molar-refractivity contribution >= 4 is 45.9 Å². The standard InChI is InChI=1S/C17H16IN3O2/c1-11-9-13(18)5-6-15(11)20-16(22)12-3-2-4-14(10-12)21-8-7-19-17(21)23/h2-6,9-10H,7-8H2,1H3,(H,19,23)(H,20,22). The van der Waals surface area contributed by atoms with E-state index >= 15 is 0 Å². The fourth-order valence-corrected chi connectivity index (χ4v) is 3.14. The first kappa shape index (κ1) is 15.8. The number of nitrogens with zero attached hydrogens (tertiary/aromatic N) is 1. The fraction of sp³-hybridized carbons (Fsp3) is 0.176. The maximum Gasteiger partial charge on any atom is 0.321 e. The number of anilines is 2. The normalized spacial score (nSPS) is 13.8. The average molecular weight is 421 g/mol. The summed E-state index contributed by atoms with van der Waals surface area (Å²) in [5.74, 6) is -0.184. The molecule has 3 amide bonds. The number of carbonyl (C=O) groups excluding carboxylic acids is 2. The Kier molecular flexibility index (Phi) is 4.51. The van der Waals surface area contributed by atoms with Crippen molar-refractivity contribution in [3.05, 3.63) is 57.2 Å². The van der Waals surface area contributed by atoms with Crippen LogP contribution < -0.4 is 15.5 Å². The molecule has 1 aliphatic rings. The predicted molar refractivity (Wildman–Crippen MR) is 99.0 cm³/mol. The molecule has 3 rings (SSSR count). The van der Waals surface area contributed by atoms with Crippen LogP contribution in [0.15, 0.2) is 42.5 Å². The van der Waals surface area contributed by atoms with Crippen molar-refractivity contribution in [2.45, 2.75) is 6.92 Å². The summed E-state index contributed by atoms with van der Waals surface area (Å²) in [6.07, 6.45) is 0. The highest BCUT2D eigenvalue weighted by Crippen LogP contribution is 2.21. The van der Waals surface area contributed by atoms with Gasteiger partial charge in [-0.15, -0.1) is 0 Å². The third kappa shape index (κ3) is 3.47. The lowest BCUT2D eigenvalue weighted by Gasteiger charge is -2.15. The van der Waals surface area contributed by atoms with Gasteiger partial charge in [0.05, 0.1) is 0 Å². The summed E-state index contributed by atoms with van der Waals surface area (Å²) < 4.78 is 1.13. The van der Waals surface area contributed by atoms with E-state index in [9.17, 15) is 9.59 Å². The van der Waals surface area contributed by atoms with Crippen LogP contribution in [0.4, 0.5) is 16.2 Å². The van der Waals surface area contributed by atoms with Gasteiger partial charge in [0, 0.05) is 33.6 Å². The molecule has 0 bridgehead atoms. The molecule has 5 nitrogen and oxygen atoms in total. The van der Waals surface area contributed by atoms with Gasteiger partial charge in [0.15, 0.2) is 0 Å². The number of halogens is 1. The first-order chi connectivity index (χ1) is 11.0. The van der Waals surface area contributed by atoms with Crippen molar-refractivity contribution < 1.29 is 9.59 Å². The highest BCUT2D eigenvalue weighted by Gasteiger charge is 2.21. The van der Waals surface area contributed by atoms with Crippen LogP contribution in [0.5, 0.6) is 0 Å². The van der Waals surface area contributed by atoms with Gasteiger partial charge in [-0.25, -0.2) is 4.79 Å². The smallest absolute Gasteiger partial charge is 0.321 e. The van der Waals surface area contributed by atoms with Crippen LogP contribution in [-0.4, -0.2) is 25.0 Å². The molecule has 1 heterocycles. The molecule has 23 heavy (non-hydrogen) atoms. The monoisotopic (exact) mass is 421 g/mol. The van der Waals surface area contributed by atoms with E-state index in [2.05, 4.69) is 33.2 Å². The number of nitrogens with one attached hydrogen (secondary N) is 2. The molecule has 0 atom stereocenters. The van der Waals surface area contributed by atoms with Gasteiger partial charge in [0.25, 0.3) is 5.91 Å². The first-order valence-corrected chi connectivity index (χ1v) is 8.35. The summed E-state index contributed by atoms with van der Waals surface area (Å²) in [5, 5.41) is 5.68. The third-order valence-electron chi connectivity index (χ3n) is 3.71. The van der Waals surface area contributed by atoms with E-state index in [0.717, 1.165) is 20.5 Å². The van der Waals surface area contributed by atoms with Crippen molar-refractivity contribution in [3.63, 3.8) is 0 Å². The van der Waals surface area contributed by atoms with Gasteiger partial charge >= 0.3 is 6.03 Å². The molecule has 0 unspecified atom stereocenters.